The zero-order valence-electron chi connectivity index (χ0n) is 17.4. The lowest BCUT2D eigenvalue weighted by atomic mass is 10.1. The van der Waals surface area contributed by atoms with E-state index >= 15 is 0 Å². The maximum Gasteiger partial charge on any atom is 0.295 e. The van der Waals surface area contributed by atoms with Crippen LogP contribution >= 0.6 is 0 Å². The number of carbonyl (C=O) groups is 2. The minimum atomic E-state index is -0.796. The lowest BCUT2D eigenvalue weighted by Gasteiger charge is -2.23. The molecule has 1 atom stereocenters. The number of ether oxygens (including phenoxy) is 1. The molecule has 2 amide bonds. The first-order valence-electron chi connectivity index (χ1n) is 9.57. The Hall–Kier alpha value is -3.68. The molecule has 3 rings (SSSR count). The van der Waals surface area contributed by atoms with Crippen LogP contribution < -0.4 is 20.5 Å². The van der Waals surface area contributed by atoms with Crippen LogP contribution in [-0.2, 0) is 9.59 Å². The van der Waals surface area contributed by atoms with Crippen LogP contribution in [0.25, 0.3) is 11.0 Å². The van der Waals surface area contributed by atoms with Gasteiger partial charge in [0.1, 0.15) is 11.8 Å². The van der Waals surface area contributed by atoms with E-state index in [0.717, 1.165) is 0 Å². The topological polar surface area (TPSA) is 93.5 Å². The molecule has 8 heteroatoms. The van der Waals surface area contributed by atoms with Crippen LogP contribution in [0.4, 0.5) is 11.5 Å². The average molecular weight is 408 g/mol. The van der Waals surface area contributed by atoms with Gasteiger partial charge in [0.2, 0.25) is 17.6 Å². The van der Waals surface area contributed by atoms with Gasteiger partial charge in [0.15, 0.2) is 0 Å². The minimum Gasteiger partial charge on any atom is -0.497 e. The van der Waals surface area contributed by atoms with Crippen LogP contribution in [0.3, 0.4) is 0 Å². The van der Waals surface area contributed by atoms with Gasteiger partial charge in [-0.25, -0.2) is 4.98 Å². The Morgan fingerprint density at radius 2 is 1.93 bits per heavy atom. The number of rotatable bonds is 6. The molecule has 1 aromatic heterocycles. The summed E-state index contributed by atoms with van der Waals surface area (Å²) in [6.45, 7) is 3.18. The van der Waals surface area contributed by atoms with Gasteiger partial charge in [0.25, 0.3) is 5.56 Å². The van der Waals surface area contributed by atoms with Gasteiger partial charge in [-0.05, 0) is 30.7 Å². The number of benzene rings is 2. The predicted octanol–water partition coefficient (Wildman–Crippen LogP) is 2.98. The zero-order chi connectivity index (χ0) is 21.8. The van der Waals surface area contributed by atoms with E-state index in [0.29, 0.717) is 28.9 Å². The molecule has 0 saturated heterocycles. The number of hydrogen-bond donors (Lipinski definition) is 1. The van der Waals surface area contributed by atoms with Crippen LogP contribution in [0.1, 0.15) is 26.3 Å². The smallest absolute Gasteiger partial charge is 0.295 e. The molecule has 156 valence electrons. The van der Waals surface area contributed by atoms with Crippen molar-refractivity contribution in [3.05, 3.63) is 58.9 Å². The summed E-state index contributed by atoms with van der Waals surface area (Å²) in [6, 6.07) is 13.2. The summed E-state index contributed by atoms with van der Waals surface area (Å²) in [5.41, 5.74) is 1.10. The fraction of sp³-hybridized carbons (Fsp3) is 0.273. The number of amides is 2. The molecule has 1 heterocycles. The molecule has 0 aliphatic carbocycles. The SMILES string of the molecule is CCC(C(=O)Nc1cccc(OC)c1)n1c(=O)c(N(C)C(C)=O)nc2ccccc21. The second-order valence-corrected chi connectivity index (χ2v) is 6.82. The fourth-order valence-corrected chi connectivity index (χ4v) is 3.23. The van der Waals surface area contributed by atoms with Gasteiger partial charge < -0.3 is 10.1 Å². The van der Waals surface area contributed by atoms with Crippen molar-refractivity contribution in [2.75, 3.05) is 24.4 Å². The highest BCUT2D eigenvalue weighted by Crippen LogP contribution is 2.23. The molecule has 0 spiro atoms. The van der Waals surface area contributed by atoms with E-state index in [1.54, 1.807) is 55.6 Å². The molecule has 0 fully saturated rings. The van der Waals surface area contributed by atoms with Gasteiger partial charge in [0, 0.05) is 25.7 Å². The lowest BCUT2D eigenvalue weighted by molar-refractivity contribution is -0.119. The quantitative estimate of drug-likeness (QED) is 0.677. The summed E-state index contributed by atoms with van der Waals surface area (Å²) < 4.78 is 6.61. The normalized spacial score (nSPS) is 11.7. The predicted molar refractivity (Wildman–Crippen MR) is 116 cm³/mol. The number of hydrogen-bond acceptors (Lipinski definition) is 5. The molecule has 3 aromatic rings. The standard InChI is InChI=1S/C22H24N4O4/c1-5-18(21(28)23-15-9-8-10-16(13-15)30-4)26-19-12-7-6-11-17(19)24-20(22(26)29)25(3)14(2)27/h6-13,18H,5H2,1-4H3,(H,23,28). The first kappa shape index (κ1) is 21.0. The monoisotopic (exact) mass is 408 g/mol. The highest BCUT2D eigenvalue weighted by atomic mass is 16.5. The molecule has 0 bridgehead atoms. The van der Waals surface area contributed by atoms with Gasteiger partial charge in [-0.3, -0.25) is 23.9 Å². The van der Waals surface area contributed by atoms with E-state index < -0.39 is 11.6 Å². The maximum atomic E-state index is 13.3. The third kappa shape index (κ3) is 4.03. The number of methoxy groups -OCH3 is 1. The number of nitrogens with zero attached hydrogens (tertiary/aromatic N) is 3. The number of fused-ring (bicyclic) bond motifs is 1. The molecular formula is C22H24N4O4. The van der Waals surface area contributed by atoms with Crippen molar-refractivity contribution >= 4 is 34.4 Å². The molecular weight excluding hydrogens is 384 g/mol. The summed E-state index contributed by atoms with van der Waals surface area (Å²) in [5, 5.41) is 2.85. The van der Waals surface area contributed by atoms with Crippen LogP contribution in [0.2, 0.25) is 0 Å². The van der Waals surface area contributed by atoms with Gasteiger partial charge in [0.05, 0.1) is 18.1 Å². The molecule has 0 aliphatic heterocycles. The Kier molecular flexibility index (Phi) is 6.15. The van der Waals surface area contributed by atoms with Gasteiger partial charge in [-0.2, -0.15) is 0 Å². The second-order valence-electron chi connectivity index (χ2n) is 6.82. The van der Waals surface area contributed by atoms with Crippen molar-refractivity contribution in [3.8, 4) is 5.75 Å². The van der Waals surface area contributed by atoms with Crippen molar-refractivity contribution in [2.24, 2.45) is 0 Å². The summed E-state index contributed by atoms with van der Waals surface area (Å²) >= 11 is 0. The average Bonchev–Trinajstić information content (AvgIpc) is 2.75. The number of carbonyl (C=O) groups excluding carboxylic acids is 2. The number of anilines is 2. The van der Waals surface area contributed by atoms with Gasteiger partial charge >= 0.3 is 0 Å². The molecule has 1 unspecified atom stereocenters. The van der Waals surface area contributed by atoms with Crippen LogP contribution in [0.15, 0.2) is 53.3 Å². The van der Waals surface area contributed by atoms with E-state index in [-0.39, 0.29) is 17.6 Å². The number of aromatic nitrogens is 2. The Bertz CT molecular complexity index is 1160. The molecule has 1 N–H and O–H groups in total. The molecule has 2 aromatic carbocycles. The largest absolute Gasteiger partial charge is 0.497 e. The summed E-state index contributed by atoms with van der Waals surface area (Å²) in [7, 11) is 3.04. The second kappa shape index (κ2) is 8.77. The van der Waals surface area contributed by atoms with Crippen molar-refractivity contribution in [2.45, 2.75) is 26.3 Å². The van der Waals surface area contributed by atoms with Crippen molar-refractivity contribution in [1.29, 1.82) is 0 Å². The molecule has 8 nitrogen and oxygen atoms in total. The Morgan fingerprint density at radius 3 is 2.60 bits per heavy atom. The van der Waals surface area contributed by atoms with E-state index in [2.05, 4.69) is 10.3 Å². The van der Waals surface area contributed by atoms with Crippen molar-refractivity contribution in [1.82, 2.24) is 9.55 Å². The number of para-hydroxylation sites is 2. The van der Waals surface area contributed by atoms with Crippen LogP contribution in [0, 0.1) is 0 Å². The summed E-state index contributed by atoms with van der Waals surface area (Å²) in [5.74, 6) is -0.0810. The van der Waals surface area contributed by atoms with Crippen LogP contribution in [0.5, 0.6) is 5.75 Å². The maximum absolute atomic E-state index is 13.3. The van der Waals surface area contributed by atoms with E-state index in [1.807, 2.05) is 6.92 Å². The van der Waals surface area contributed by atoms with Gasteiger partial charge in [-0.15, -0.1) is 0 Å². The first-order valence-corrected chi connectivity index (χ1v) is 9.57. The summed E-state index contributed by atoms with van der Waals surface area (Å²) in [6.07, 6.45) is 0.368. The summed E-state index contributed by atoms with van der Waals surface area (Å²) in [4.78, 5) is 43.9. The third-order valence-electron chi connectivity index (χ3n) is 4.91. The minimum absolute atomic E-state index is 0.0196. The van der Waals surface area contributed by atoms with Gasteiger partial charge in [-0.1, -0.05) is 25.1 Å². The molecule has 30 heavy (non-hydrogen) atoms. The zero-order valence-corrected chi connectivity index (χ0v) is 17.4. The first-order chi connectivity index (χ1) is 14.4. The van der Waals surface area contributed by atoms with E-state index in [4.69, 9.17) is 4.74 Å². The van der Waals surface area contributed by atoms with E-state index in [1.165, 1.54) is 23.4 Å². The number of nitrogens with one attached hydrogen (secondary N) is 1. The van der Waals surface area contributed by atoms with Crippen molar-refractivity contribution < 1.29 is 14.3 Å². The third-order valence-corrected chi connectivity index (χ3v) is 4.91. The Balaban J connectivity index is 2.12. The van der Waals surface area contributed by atoms with Crippen molar-refractivity contribution in [3.63, 3.8) is 0 Å². The highest BCUT2D eigenvalue weighted by Gasteiger charge is 2.25. The lowest BCUT2D eigenvalue weighted by Crippen LogP contribution is -2.38. The van der Waals surface area contributed by atoms with Crippen LogP contribution in [-0.4, -0.2) is 35.5 Å². The van der Waals surface area contributed by atoms with E-state index in [9.17, 15) is 14.4 Å². The Labute approximate surface area is 174 Å². The molecule has 0 aliphatic rings. The Morgan fingerprint density at radius 1 is 1.20 bits per heavy atom. The molecule has 0 radical (unpaired) electrons. The highest BCUT2D eigenvalue weighted by molar-refractivity contribution is 5.95. The fourth-order valence-electron chi connectivity index (χ4n) is 3.23. The molecule has 0 saturated carbocycles.